The molecule has 1 aromatic heterocycles. The van der Waals surface area contributed by atoms with Crippen LogP contribution in [0.2, 0.25) is 0 Å². The third kappa shape index (κ3) is 5.19. The Bertz CT molecular complexity index is 1310. The molecule has 0 unspecified atom stereocenters. The third-order valence-electron chi connectivity index (χ3n) is 7.09. The quantitative estimate of drug-likeness (QED) is 0.524. The van der Waals surface area contributed by atoms with Gasteiger partial charge in [-0.2, -0.15) is 13.2 Å². The molecule has 2 aliphatic rings. The van der Waals surface area contributed by atoms with Crippen LogP contribution in [-0.4, -0.2) is 52.8 Å². The van der Waals surface area contributed by atoms with Crippen LogP contribution in [0, 0.1) is 5.92 Å². The largest absolute Gasteiger partial charge is 0.416 e. The number of nitrogens with zero attached hydrogens (tertiary/aromatic N) is 3. The standard InChI is InChI=1S/C26H27F3N4O4/c27-26(28,29)18-3-1-2-17(12-18)24(36)31-25-30-21-13-20(32-10-11-37-15-23(32)35)8-9-22(21)33(25)19-6-4-16(14-34)5-7-19/h1-3,8-9,12-13,16,19,34H,4-7,10-11,14-15H2,(H,30,31,36). The van der Waals surface area contributed by atoms with E-state index < -0.39 is 17.6 Å². The van der Waals surface area contributed by atoms with Gasteiger partial charge in [0.1, 0.15) is 6.61 Å². The number of alkyl halides is 3. The summed E-state index contributed by atoms with van der Waals surface area (Å²) in [5.41, 5.74) is 0.926. The zero-order chi connectivity index (χ0) is 26.2. The van der Waals surface area contributed by atoms with E-state index in [4.69, 9.17) is 4.74 Å². The van der Waals surface area contributed by atoms with Gasteiger partial charge in [-0.05, 0) is 68.0 Å². The molecule has 0 radical (unpaired) electrons. The van der Waals surface area contributed by atoms with Crippen molar-refractivity contribution in [2.24, 2.45) is 5.92 Å². The molecule has 1 aliphatic carbocycles. The number of halogens is 3. The number of rotatable bonds is 5. The predicted octanol–water partition coefficient (Wildman–Crippen LogP) is 4.39. The molecule has 3 aromatic rings. The van der Waals surface area contributed by atoms with Crippen LogP contribution in [-0.2, 0) is 15.7 Å². The lowest BCUT2D eigenvalue weighted by molar-refractivity contribution is -0.137. The highest BCUT2D eigenvalue weighted by Gasteiger charge is 2.31. The van der Waals surface area contributed by atoms with E-state index in [1.54, 1.807) is 11.0 Å². The topological polar surface area (TPSA) is 96.7 Å². The van der Waals surface area contributed by atoms with Gasteiger partial charge in [0.15, 0.2) is 0 Å². The van der Waals surface area contributed by atoms with Gasteiger partial charge in [0.25, 0.3) is 11.8 Å². The maximum Gasteiger partial charge on any atom is 0.416 e. The van der Waals surface area contributed by atoms with E-state index in [2.05, 4.69) is 10.3 Å². The molecule has 196 valence electrons. The Kier molecular flexibility index (Phi) is 6.91. The number of hydrogen-bond acceptors (Lipinski definition) is 5. The highest BCUT2D eigenvalue weighted by atomic mass is 19.4. The van der Waals surface area contributed by atoms with E-state index in [9.17, 15) is 27.9 Å². The second kappa shape index (κ2) is 10.1. The Balaban J connectivity index is 1.51. The fourth-order valence-corrected chi connectivity index (χ4v) is 5.10. The van der Waals surface area contributed by atoms with Crippen molar-refractivity contribution in [2.75, 3.05) is 36.6 Å². The van der Waals surface area contributed by atoms with E-state index in [1.165, 1.54) is 12.1 Å². The first-order valence-corrected chi connectivity index (χ1v) is 12.2. The predicted molar refractivity (Wildman–Crippen MR) is 130 cm³/mol. The van der Waals surface area contributed by atoms with Crippen molar-refractivity contribution in [1.29, 1.82) is 0 Å². The van der Waals surface area contributed by atoms with Crippen LogP contribution in [0.4, 0.5) is 24.8 Å². The van der Waals surface area contributed by atoms with Gasteiger partial charge in [0.05, 0.1) is 23.2 Å². The molecule has 2 aromatic carbocycles. The number of aromatic nitrogens is 2. The van der Waals surface area contributed by atoms with Gasteiger partial charge in [-0.25, -0.2) is 4.98 Å². The lowest BCUT2D eigenvalue weighted by Gasteiger charge is -2.30. The minimum atomic E-state index is -4.57. The smallest absolute Gasteiger partial charge is 0.396 e. The maximum atomic E-state index is 13.2. The molecule has 2 fully saturated rings. The number of hydrogen-bond donors (Lipinski definition) is 2. The zero-order valence-electron chi connectivity index (χ0n) is 20.0. The average molecular weight is 517 g/mol. The number of aliphatic hydroxyl groups is 1. The molecule has 1 aliphatic heterocycles. The van der Waals surface area contributed by atoms with Crippen LogP contribution in [0.3, 0.4) is 0 Å². The van der Waals surface area contributed by atoms with Crippen LogP contribution in [0.25, 0.3) is 11.0 Å². The number of anilines is 2. The minimum Gasteiger partial charge on any atom is -0.396 e. The number of aliphatic hydroxyl groups excluding tert-OH is 1. The van der Waals surface area contributed by atoms with E-state index in [1.807, 2.05) is 16.7 Å². The molecule has 2 N–H and O–H groups in total. The van der Waals surface area contributed by atoms with Crippen LogP contribution in [0.5, 0.6) is 0 Å². The van der Waals surface area contributed by atoms with E-state index >= 15 is 0 Å². The summed E-state index contributed by atoms with van der Waals surface area (Å²) in [6.45, 7) is 0.951. The van der Waals surface area contributed by atoms with Crippen molar-refractivity contribution in [3.05, 3.63) is 53.6 Å². The Morgan fingerprint density at radius 1 is 1.14 bits per heavy atom. The van der Waals surface area contributed by atoms with Gasteiger partial charge in [-0.3, -0.25) is 14.9 Å². The number of fused-ring (bicyclic) bond motifs is 1. The summed E-state index contributed by atoms with van der Waals surface area (Å²) < 4.78 is 46.7. The van der Waals surface area contributed by atoms with Crippen LogP contribution in [0.1, 0.15) is 47.6 Å². The van der Waals surface area contributed by atoms with Crippen molar-refractivity contribution in [3.8, 4) is 0 Å². The summed E-state index contributed by atoms with van der Waals surface area (Å²) >= 11 is 0. The normalized spacial score (nSPS) is 20.9. The number of morpholine rings is 1. The summed E-state index contributed by atoms with van der Waals surface area (Å²) in [7, 11) is 0. The van der Waals surface area contributed by atoms with Gasteiger partial charge in [0, 0.05) is 30.4 Å². The van der Waals surface area contributed by atoms with E-state index in [0.717, 1.165) is 43.3 Å². The summed E-state index contributed by atoms with van der Waals surface area (Å²) in [6, 6.07) is 9.68. The summed E-state index contributed by atoms with van der Waals surface area (Å²) in [6.07, 6.45) is -1.44. The summed E-state index contributed by atoms with van der Waals surface area (Å²) in [5, 5.41) is 12.3. The number of benzene rings is 2. The highest BCUT2D eigenvalue weighted by molar-refractivity contribution is 6.04. The Morgan fingerprint density at radius 2 is 1.92 bits per heavy atom. The van der Waals surface area contributed by atoms with Gasteiger partial charge >= 0.3 is 6.18 Å². The Morgan fingerprint density at radius 3 is 2.62 bits per heavy atom. The van der Waals surface area contributed by atoms with Crippen molar-refractivity contribution in [1.82, 2.24) is 9.55 Å². The zero-order valence-corrected chi connectivity index (χ0v) is 20.0. The van der Waals surface area contributed by atoms with Gasteiger partial charge < -0.3 is 19.3 Å². The van der Waals surface area contributed by atoms with Crippen molar-refractivity contribution in [2.45, 2.75) is 37.9 Å². The average Bonchev–Trinajstić information content (AvgIpc) is 3.25. The van der Waals surface area contributed by atoms with Crippen LogP contribution in [0.15, 0.2) is 42.5 Å². The molecule has 2 heterocycles. The third-order valence-corrected chi connectivity index (χ3v) is 7.09. The van der Waals surface area contributed by atoms with Gasteiger partial charge in [-0.15, -0.1) is 0 Å². The first-order valence-electron chi connectivity index (χ1n) is 12.2. The molecule has 8 nitrogen and oxygen atoms in total. The fraction of sp³-hybridized carbons (Fsp3) is 0.423. The van der Waals surface area contributed by atoms with Crippen molar-refractivity contribution < 1.29 is 32.6 Å². The second-order valence-corrected chi connectivity index (χ2v) is 9.47. The Hall–Kier alpha value is -3.44. The minimum absolute atomic E-state index is 0.00112. The molecule has 5 rings (SSSR count). The molecule has 0 atom stereocenters. The molecule has 1 saturated heterocycles. The SMILES string of the molecule is O=C(Nc1nc2cc(N3CCOCC3=O)ccc2n1C1CCC(CO)CC1)c1cccc(C(F)(F)F)c1. The molecule has 11 heteroatoms. The molecular weight excluding hydrogens is 489 g/mol. The molecule has 1 saturated carbocycles. The summed E-state index contributed by atoms with van der Waals surface area (Å²) in [4.78, 5) is 31.6. The number of carbonyl (C=O) groups excluding carboxylic acids is 2. The van der Waals surface area contributed by atoms with Crippen molar-refractivity contribution in [3.63, 3.8) is 0 Å². The number of nitrogens with one attached hydrogen (secondary N) is 1. The molecule has 37 heavy (non-hydrogen) atoms. The van der Waals surface area contributed by atoms with Crippen LogP contribution >= 0.6 is 0 Å². The monoisotopic (exact) mass is 516 g/mol. The second-order valence-electron chi connectivity index (χ2n) is 9.47. The molecule has 0 bridgehead atoms. The lowest BCUT2D eigenvalue weighted by Crippen LogP contribution is -2.41. The first kappa shape index (κ1) is 25.2. The van der Waals surface area contributed by atoms with Gasteiger partial charge in [0.2, 0.25) is 5.95 Å². The lowest BCUT2D eigenvalue weighted by atomic mass is 9.86. The number of amides is 2. The number of imidazole rings is 1. The molecule has 0 spiro atoms. The van der Waals surface area contributed by atoms with Crippen LogP contribution < -0.4 is 10.2 Å². The van der Waals surface area contributed by atoms with Gasteiger partial charge in [-0.1, -0.05) is 6.07 Å². The first-order chi connectivity index (χ1) is 17.7. The number of ether oxygens (including phenoxy) is 1. The van der Waals surface area contributed by atoms with Crippen molar-refractivity contribution >= 4 is 34.5 Å². The maximum absolute atomic E-state index is 13.2. The fourth-order valence-electron chi connectivity index (χ4n) is 5.10. The Labute approximate surface area is 211 Å². The van der Waals surface area contributed by atoms with E-state index in [-0.39, 0.29) is 42.6 Å². The molecular formula is C26H27F3N4O4. The number of carbonyl (C=O) groups is 2. The van der Waals surface area contributed by atoms with E-state index in [0.29, 0.717) is 24.4 Å². The molecule has 2 amide bonds. The summed E-state index contributed by atoms with van der Waals surface area (Å²) in [5.74, 6) is -0.413. The highest BCUT2D eigenvalue weighted by Crippen LogP contribution is 2.38.